The maximum atomic E-state index is 10.7. The summed E-state index contributed by atoms with van der Waals surface area (Å²) < 4.78 is 4.85. The average molecular weight is 208 g/mol. The Bertz CT molecular complexity index is 238. The van der Waals surface area contributed by atoms with Gasteiger partial charge in [-0.1, -0.05) is 18.2 Å². The summed E-state index contributed by atoms with van der Waals surface area (Å²) in [5.41, 5.74) is 0. The standard InChI is InChI=1S/C8H8O2S.K.H/c9-8(6-11)10-7-4-2-1-3-5-7;;/h1-5,11H,6H2;;. The molecule has 0 atom stereocenters. The second-order valence-corrected chi connectivity index (χ2v) is 2.26. The second-order valence-electron chi connectivity index (χ2n) is 1.95. The first kappa shape index (κ1) is 12.7. The van der Waals surface area contributed by atoms with E-state index in [2.05, 4.69) is 12.6 Å². The average Bonchev–Trinajstić information content (AvgIpc) is 2.06. The molecule has 4 heteroatoms. The molecule has 60 valence electrons. The molecule has 0 saturated carbocycles. The summed E-state index contributed by atoms with van der Waals surface area (Å²) in [6.07, 6.45) is 0. The quantitative estimate of drug-likeness (QED) is 0.338. The number of rotatable bonds is 2. The van der Waals surface area contributed by atoms with Gasteiger partial charge in [0.1, 0.15) is 5.75 Å². The third-order valence-electron chi connectivity index (χ3n) is 1.10. The van der Waals surface area contributed by atoms with Gasteiger partial charge < -0.3 is 4.74 Å². The van der Waals surface area contributed by atoms with Crippen LogP contribution in [0.2, 0.25) is 0 Å². The van der Waals surface area contributed by atoms with Crippen molar-refractivity contribution in [3.63, 3.8) is 0 Å². The van der Waals surface area contributed by atoms with E-state index in [0.717, 1.165) is 0 Å². The SMILES string of the molecule is O=C(CS)Oc1ccccc1.[KH]. The summed E-state index contributed by atoms with van der Waals surface area (Å²) in [5, 5.41) is 0. The van der Waals surface area contributed by atoms with Gasteiger partial charge in [-0.25, -0.2) is 0 Å². The summed E-state index contributed by atoms with van der Waals surface area (Å²) in [5.74, 6) is 0.334. The van der Waals surface area contributed by atoms with E-state index in [1.54, 1.807) is 24.3 Å². The van der Waals surface area contributed by atoms with Gasteiger partial charge in [-0.05, 0) is 12.1 Å². The van der Waals surface area contributed by atoms with Gasteiger partial charge in [-0.15, -0.1) is 0 Å². The van der Waals surface area contributed by atoms with Crippen LogP contribution in [0.3, 0.4) is 0 Å². The molecule has 2 nitrogen and oxygen atoms in total. The summed E-state index contributed by atoms with van der Waals surface area (Å²) >= 11 is 3.77. The molecule has 1 rings (SSSR count). The molecule has 0 aliphatic heterocycles. The van der Waals surface area contributed by atoms with Crippen LogP contribution in [0.1, 0.15) is 0 Å². The maximum absolute atomic E-state index is 10.7. The third-order valence-corrected chi connectivity index (χ3v) is 1.36. The molecule has 1 aromatic carbocycles. The van der Waals surface area contributed by atoms with Crippen LogP contribution in [0.25, 0.3) is 0 Å². The van der Waals surface area contributed by atoms with Crippen LogP contribution in [0.5, 0.6) is 5.75 Å². The zero-order valence-corrected chi connectivity index (χ0v) is 6.75. The summed E-state index contributed by atoms with van der Waals surface area (Å²) in [6.45, 7) is 0. The first-order chi connectivity index (χ1) is 5.33. The van der Waals surface area contributed by atoms with Crippen molar-refractivity contribution >= 4 is 70.0 Å². The fourth-order valence-corrected chi connectivity index (χ4v) is 0.717. The van der Waals surface area contributed by atoms with E-state index in [9.17, 15) is 4.79 Å². The van der Waals surface area contributed by atoms with Gasteiger partial charge in [-0.3, -0.25) is 4.79 Å². The fourth-order valence-electron chi connectivity index (χ4n) is 0.652. The Kier molecular flexibility index (Phi) is 7.52. The summed E-state index contributed by atoms with van der Waals surface area (Å²) in [4.78, 5) is 10.7. The van der Waals surface area contributed by atoms with Gasteiger partial charge in [0.2, 0.25) is 0 Å². The molecule has 0 spiro atoms. The molecule has 0 amide bonds. The van der Waals surface area contributed by atoms with Gasteiger partial charge in [-0.2, -0.15) is 12.6 Å². The van der Waals surface area contributed by atoms with Crippen LogP contribution in [-0.2, 0) is 4.79 Å². The molecule has 12 heavy (non-hydrogen) atoms. The van der Waals surface area contributed by atoms with E-state index in [-0.39, 0.29) is 63.1 Å². The zero-order valence-electron chi connectivity index (χ0n) is 5.86. The Hall–Kier alpha value is 0.676. The molecule has 1 aromatic rings. The number of hydrogen-bond acceptors (Lipinski definition) is 3. The van der Waals surface area contributed by atoms with Crippen LogP contribution in [0.4, 0.5) is 0 Å². The van der Waals surface area contributed by atoms with Crippen molar-refractivity contribution in [3.8, 4) is 5.75 Å². The van der Waals surface area contributed by atoms with E-state index < -0.39 is 0 Å². The van der Waals surface area contributed by atoms with E-state index in [4.69, 9.17) is 4.74 Å². The van der Waals surface area contributed by atoms with Crippen molar-refractivity contribution in [1.82, 2.24) is 0 Å². The number of hydrogen-bond donors (Lipinski definition) is 1. The number of carbonyl (C=O) groups is 1. The Balaban J connectivity index is 0.00000121. The van der Waals surface area contributed by atoms with Crippen molar-refractivity contribution in [1.29, 1.82) is 0 Å². The minimum atomic E-state index is -0.334. The van der Waals surface area contributed by atoms with Crippen LogP contribution < -0.4 is 4.74 Å². The topological polar surface area (TPSA) is 26.3 Å². The van der Waals surface area contributed by atoms with E-state index in [1.165, 1.54) is 0 Å². The molecule has 0 fully saturated rings. The van der Waals surface area contributed by atoms with Crippen molar-refractivity contribution in [2.45, 2.75) is 0 Å². The van der Waals surface area contributed by atoms with Crippen LogP contribution in [0.15, 0.2) is 30.3 Å². The second kappa shape index (κ2) is 7.12. The van der Waals surface area contributed by atoms with Crippen molar-refractivity contribution in [3.05, 3.63) is 30.3 Å². The Morgan fingerprint density at radius 2 is 1.92 bits per heavy atom. The third kappa shape index (κ3) is 4.64. The number of benzene rings is 1. The number of para-hydroxylation sites is 1. The summed E-state index contributed by atoms with van der Waals surface area (Å²) in [7, 11) is 0. The molecule has 0 saturated heterocycles. The first-order valence-electron chi connectivity index (χ1n) is 3.19. The number of carbonyl (C=O) groups excluding carboxylic acids is 1. The molecule has 0 N–H and O–H groups in total. The Morgan fingerprint density at radius 3 is 2.42 bits per heavy atom. The van der Waals surface area contributed by atoms with Gasteiger partial charge >= 0.3 is 57.4 Å². The van der Waals surface area contributed by atoms with Crippen molar-refractivity contribution < 1.29 is 9.53 Å². The van der Waals surface area contributed by atoms with E-state index in [1.807, 2.05) is 6.07 Å². The first-order valence-corrected chi connectivity index (χ1v) is 3.83. The fraction of sp³-hybridized carbons (Fsp3) is 0.125. The molecule has 0 unspecified atom stereocenters. The molecular formula is C8H9KO2S. The minimum absolute atomic E-state index is 0. The molecule has 0 aliphatic rings. The van der Waals surface area contributed by atoms with E-state index in [0.29, 0.717) is 5.75 Å². The predicted molar refractivity (Wildman–Crippen MR) is 53.1 cm³/mol. The summed E-state index contributed by atoms with van der Waals surface area (Å²) in [6, 6.07) is 8.92. The van der Waals surface area contributed by atoms with E-state index >= 15 is 0 Å². The molecular weight excluding hydrogens is 199 g/mol. The molecule has 0 aliphatic carbocycles. The Labute approximate surface area is 120 Å². The van der Waals surface area contributed by atoms with Gasteiger partial charge in [0.05, 0.1) is 5.75 Å². The molecule has 0 heterocycles. The molecule has 0 bridgehead atoms. The molecule has 0 radical (unpaired) electrons. The van der Waals surface area contributed by atoms with Gasteiger partial charge in [0.15, 0.2) is 0 Å². The normalized spacial score (nSPS) is 8.42. The number of ether oxygens (including phenoxy) is 1. The Morgan fingerprint density at radius 1 is 1.33 bits per heavy atom. The number of esters is 1. The number of thiol groups is 1. The predicted octanol–water partition coefficient (Wildman–Crippen LogP) is 0.873. The molecule has 0 aromatic heterocycles. The van der Waals surface area contributed by atoms with Crippen molar-refractivity contribution in [2.75, 3.05) is 5.75 Å². The van der Waals surface area contributed by atoms with Gasteiger partial charge in [0.25, 0.3) is 0 Å². The van der Waals surface area contributed by atoms with Crippen LogP contribution in [0, 0.1) is 0 Å². The van der Waals surface area contributed by atoms with Crippen LogP contribution >= 0.6 is 12.6 Å². The zero-order chi connectivity index (χ0) is 8.10. The van der Waals surface area contributed by atoms with Crippen molar-refractivity contribution in [2.24, 2.45) is 0 Å². The van der Waals surface area contributed by atoms with Crippen LogP contribution in [-0.4, -0.2) is 63.1 Å². The van der Waals surface area contributed by atoms with Gasteiger partial charge in [0, 0.05) is 0 Å². The monoisotopic (exact) mass is 208 g/mol.